The Morgan fingerprint density at radius 1 is 1.00 bits per heavy atom. The van der Waals surface area contributed by atoms with Crippen molar-refractivity contribution in [1.29, 1.82) is 0 Å². The topological polar surface area (TPSA) is 63.8 Å². The maximum Gasteiger partial charge on any atom is 0.159 e. The summed E-state index contributed by atoms with van der Waals surface area (Å²) >= 11 is 0. The van der Waals surface area contributed by atoms with E-state index in [0.717, 1.165) is 70.7 Å². The van der Waals surface area contributed by atoms with E-state index in [-0.39, 0.29) is 12.5 Å². The third-order valence-electron chi connectivity index (χ3n) is 5.70. The molecule has 3 aromatic heterocycles. The van der Waals surface area contributed by atoms with Gasteiger partial charge in [-0.05, 0) is 37.3 Å². The quantitative estimate of drug-likeness (QED) is 0.573. The summed E-state index contributed by atoms with van der Waals surface area (Å²) in [6, 6.07) is 4.28. The highest BCUT2D eigenvalue weighted by molar-refractivity contribution is 5.81. The molecule has 156 valence electrons. The minimum Gasteiger partial charge on any atom is -0.396 e. The molecule has 0 aliphatic rings. The van der Waals surface area contributed by atoms with Crippen LogP contribution >= 0.6 is 0 Å². The lowest BCUT2D eigenvalue weighted by molar-refractivity contribution is 0.259. The van der Waals surface area contributed by atoms with Gasteiger partial charge in [-0.1, -0.05) is 41.0 Å². The van der Waals surface area contributed by atoms with Crippen molar-refractivity contribution in [3.63, 3.8) is 0 Å². The summed E-state index contributed by atoms with van der Waals surface area (Å²) in [5.41, 5.74) is 8.10. The molecule has 3 aromatic rings. The highest BCUT2D eigenvalue weighted by Crippen LogP contribution is 2.32. The second-order valence-electron chi connectivity index (χ2n) is 8.15. The number of hydrogen-bond donors (Lipinski definition) is 1. The monoisotopic (exact) mass is 394 g/mol. The van der Waals surface area contributed by atoms with Crippen molar-refractivity contribution in [3.05, 3.63) is 41.0 Å². The summed E-state index contributed by atoms with van der Waals surface area (Å²) in [5, 5.41) is 9.91. The van der Waals surface area contributed by atoms with Crippen molar-refractivity contribution < 1.29 is 5.11 Å². The highest BCUT2D eigenvalue weighted by atomic mass is 16.3. The van der Waals surface area contributed by atoms with Crippen LogP contribution in [0, 0.1) is 0 Å². The molecule has 0 unspecified atom stereocenters. The van der Waals surface area contributed by atoms with Gasteiger partial charge >= 0.3 is 0 Å². The molecular weight excluding hydrogens is 360 g/mol. The minimum absolute atomic E-state index is 0.103. The fourth-order valence-electron chi connectivity index (χ4n) is 4.01. The van der Waals surface area contributed by atoms with Crippen LogP contribution in [0.3, 0.4) is 0 Å². The average Bonchev–Trinajstić information content (AvgIpc) is 3.05. The van der Waals surface area contributed by atoms with Crippen LogP contribution in [0.4, 0.5) is 0 Å². The lowest BCUT2D eigenvalue weighted by Gasteiger charge is -2.15. The van der Waals surface area contributed by atoms with E-state index in [1.54, 1.807) is 0 Å². The SMILES string of the molecule is CCC[C@H](CO)c1cn(C)c2nc(-c3ccc(C(C)C)nc3CC)c(CC)nc12. The van der Waals surface area contributed by atoms with E-state index in [1.807, 2.05) is 11.6 Å². The normalized spacial score (nSPS) is 12.8. The standard InChI is InChI=1S/C24H34N4O/c1-7-10-16(14-29)18-13-28(6)24-23(18)26-20(9-3)22(27-24)17-11-12-21(15(4)5)25-19(17)8-2/h11-13,15-16,29H,7-10,14H2,1-6H3/t16-/m1/s1. The zero-order valence-electron chi connectivity index (χ0n) is 18.7. The molecule has 0 amide bonds. The predicted molar refractivity (Wildman–Crippen MR) is 119 cm³/mol. The fourth-order valence-corrected chi connectivity index (χ4v) is 4.01. The van der Waals surface area contributed by atoms with Crippen molar-refractivity contribution in [2.45, 2.75) is 72.1 Å². The van der Waals surface area contributed by atoms with E-state index in [1.165, 1.54) is 0 Å². The Labute approximate surface area is 174 Å². The van der Waals surface area contributed by atoms with Gasteiger partial charge in [-0.2, -0.15) is 0 Å². The smallest absolute Gasteiger partial charge is 0.159 e. The summed E-state index contributed by atoms with van der Waals surface area (Å²) in [6.45, 7) is 10.9. The number of aliphatic hydroxyl groups excluding tert-OH is 1. The highest BCUT2D eigenvalue weighted by Gasteiger charge is 2.21. The third-order valence-corrected chi connectivity index (χ3v) is 5.70. The van der Waals surface area contributed by atoms with Crippen LogP contribution in [0.15, 0.2) is 18.3 Å². The van der Waals surface area contributed by atoms with E-state index < -0.39 is 0 Å². The summed E-state index contributed by atoms with van der Waals surface area (Å²) in [6.07, 6.45) is 5.73. The van der Waals surface area contributed by atoms with Gasteiger partial charge in [-0.3, -0.25) is 4.98 Å². The van der Waals surface area contributed by atoms with E-state index in [9.17, 15) is 5.11 Å². The van der Waals surface area contributed by atoms with Crippen molar-refractivity contribution in [3.8, 4) is 11.3 Å². The number of fused-ring (bicyclic) bond motifs is 1. The van der Waals surface area contributed by atoms with Crippen molar-refractivity contribution in [1.82, 2.24) is 19.5 Å². The number of hydrogen-bond acceptors (Lipinski definition) is 4. The molecule has 1 N–H and O–H groups in total. The molecule has 0 bridgehead atoms. The Morgan fingerprint density at radius 3 is 2.31 bits per heavy atom. The number of pyridine rings is 1. The Hall–Kier alpha value is -2.27. The largest absolute Gasteiger partial charge is 0.396 e. The molecule has 0 saturated heterocycles. The van der Waals surface area contributed by atoms with Crippen molar-refractivity contribution in [2.75, 3.05) is 6.61 Å². The van der Waals surface area contributed by atoms with E-state index in [4.69, 9.17) is 15.0 Å². The first kappa shape index (κ1) is 21.4. The molecule has 0 saturated carbocycles. The molecule has 0 aliphatic heterocycles. The molecule has 1 atom stereocenters. The zero-order chi connectivity index (χ0) is 21.1. The first-order valence-electron chi connectivity index (χ1n) is 10.9. The number of aromatic nitrogens is 4. The first-order chi connectivity index (χ1) is 13.9. The lowest BCUT2D eigenvalue weighted by atomic mass is 9.97. The van der Waals surface area contributed by atoms with Gasteiger partial charge < -0.3 is 9.67 Å². The van der Waals surface area contributed by atoms with E-state index >= 15 is 0 Å². The van der Waals surface area contributed by atoms with Gasteiger partial charge in [0.25, 0.3) is 0 Å². The molecule has 3 rings (SSSR count). The summed E-state index contributed by atoms with van der Waals surface area (Å²) in [5.74, 6) is 0.504. The molecule has 0 radical (unpaired) electrons. The lowest BCUT2D eigenvalue weighted by Crippen LogP contribution is -2.06. The summed E-state index contributed by atoms with van der Waals surface area (Å²) in [4.78, 5) is 15.0. The number of nitrogens with zero attached hydrogens (tertiary/aromatic N) is 4. The van der Waals surface area contributed by atoms with Crippen LogP contribution in [0.25, 0.3) is 22.4 Å². The number of aryl methyl sites for hydroxylation is 3. The first-order valence-corrected chi connectivity index (χ1v) is 10.9. The van der Waals surface area contributed by atoms with Gasteiger partial charge in [-0.25, -0.2) is 9.97 Å². The molecule has 0 spiro atoms. The van der Waals surface area contributed by atoms with Crippen LogP contribution in [-0.2, 0) is 19.9 Å². The van der Waals surface area contributed by atoms with Crippen LogP contribution < -0.4 is 0 Å². The molecular formula is C24H34N4O. The Balaban J connectivity index is 2.21. The molecule has 29 heavy (non-hydrogen) atoms. The van der Waals surface area contributed by atoms with Gasteiger partial charge in [0.05, 0.1) is 18.0 Å². The number of rotatable bonds is 8. The van der Waals surface area contributed by atoms with Crippen molar-refractivity contribution in [2.24, 2.45) is 7.05 Å². The molecule has 3 heterocycles. The van der Waals surface area contributed by atoms with Gasteiger partial charge in [-0.15, -0.1) is 0 Å². The summed E-state index contributed by atoms with van der Waals surface area (Å²) in [7, 11) is 2.01. The van der Waals surface area contributed by atoms with Crippen LogP contribution in [0.5, 0.6) is 0 Å². The fraction of sp³-hybridized carbons (Fsp3) is 0.542. The molecule has 5 heteroatoms. The minimum atomic E-state index is 0.103. The van der Waals surface area contributed by atoms with E-state index in [0.29, 0.717) is 5.92 Å². The number of aliphatic hydroxyl groups is 1. The van der Waals surface area contributed by atoms with Gasteiger partial charge in [0.1, 0.15) is 5.52 Å². The van der Waals surface area contributed by atoms with E-state index in [2.05, 4.69) is 52.9 Å². The van der Waals surface area contributed by atoms with Gasteiger partial charge in [0, 0.05) is 41.7 Å². The average molecular weight is 395 g/mol. The van der Waals surface area contributed by atoms with Gasteiger partial charge in [0.15, 0.2) is 5.65 Å². The van der Waals surface area contributed by atoms with Gasteiger partial charge in [0.2, 0.25) is 0 Å². The Kier molecular flexibility index (Phi) is 6.68. The predicted octanol–water partition coefficient (Wildman–Crippen LogP) is 5.15. The Bertz CT molecular complexity index is 990. The van der Waals surface area contributed by atoms with Crippen LogP contribution in [-0.4, -0.2) is 31.2 Å². The molecule has 0 fully saturated rings. The maximum atomic E-state index is 9.91. The van der Waals surface area contributed by atoms with Crippen molar-refractivity contribution >= 4 is 11.2 Å². The molecule has 0 aliphatic carbocycles. The third kappa shape index (κ3) is 4.06. The van der Waals surface area contributed by atoms with Crippen LogP contribution in [0.2, 0.25) is 0 Å². The summed E-state index contributed by atoms with van der Waals surface area (Å²) < 4.78 is 2.04. The Morgan fingerprint density at radius 2 is 1.72 bits per heavy atom. The van der Waals surface area contributed by atoms with Crippen LogP contribution in [0.1, 0.15) is 81.9 Å². The maximum absolute atomic E-state index is 9.91. The molecule has 0 aromatic carbocycles. The molecule has 5 nitrogen and oxygen atoms in total. The second kappa shape index (κ2) is 9.04. The zero-order valence-corrected chi connectivity index (χ0v) is 18.7. The second-order valence-corrected chi connectivity index (χ2v) is 8.15.